The zero-order valence-electron chi connectivity index (χ0n) is 17.2. The molecular weight excluding hydrogens is 531 g/mol. The molecule has 0 aliphatic carbocycles. The van der Waals surface area contributed by atoms with E-state index in [1.807, 2.05) is 0 Å². The molecule has 0 saturated carbocycles. The number of ketones is 1. The van der Waals surface area contributed by atoms with Gasteiger partial charge in [-0.15, -0.1) is 10.2 Å². The fourth-order valence-electron chi connectivity index (χ4n) is 3.18. The number of Topliss-reactive ketones (excluding diaryl/α,β-unsaturated/α-hetero) is 1. The van der Waals surface area contributed by atoms with E-state index in [0.29, 0.717) is 0 Å². The predicted octanol–water partition coefficient (Wildman–Crippen LogP) is 4.32. The number of hydrogen-bond donors (Lipinski definition) is 1. The number of aromatic carboxylic acids is 1. The van der Waals surface area contributed by atoms with Crippen molar-refractivity contribution in [2.24, 2.45) is 0 Å². The van der Waals surface area contributed by atoms with Crippen LogP contribution >= 0.6 is 34.8 Å². The molecule has 10 nitrogen and oxygen atoms in total. The Hall–Kier alpha value is -3.48. The number of nitrogens with zero attached hydrogens (tertiary/aromatic N) is 7. The van der Waals surface area contributed by atoms with E-state index in [1.165, 1.54) is 30.5 Å². The molecule has 1 N–H and O–H groups in total. The topological polar surface area (TPSA) is 129 Å². The molecule has 1 aromatic carbocycles. The minimum Gasteiger partial charge on any atom is -0.478 e. The van der Waals surface area contributed by atoms with Crippen LogP contribution in [0, 0.1) is 0 Å². The van der Waals surface area contributed by atoms with Gasteiger partial charge in [-0.25, -0.2) is 23.2 Å². The average Bonchev–Trinajstić information content (AvgIpc) is 3.43. The van der Waals surface area contributed by atoms with E-state index < -0.39 is 30.4 Å². The van der Waals surface area contributed by atoms with Gasteiger partial charge in [0.25, 0.3) is 0 Å². The molecule has 0 fully saturated rings. The van der Waals surface area contributed by atoms with Crippen molar-refractivity contribution in [3.8, 4) is 5.82 Å². The van der Waals surface area contributed by atoms with Crippen molar-refractivity contribution in [2.75, 3.05) is 0 Å². The fourth-order valence-corrected chi connectivity index (χ4v) is 3.94. The first-order valence-electron chi connectivity index (χ1n) is 9.64. The Kier molecular flexibility index (Phi) is 7.05. The number of tetrazole rings is 1. The maximum Gasteiger partial charge on any atom is 0.336 e. The third kappa shape index (κ3) is 5.29. The number of alkyl halides is 2. The third-order valence-corrected chi connectivity index (χ3v) is 5.53. The Morgan fingerprint density at radius 2 is 1.86 bits per heavy atom. The highest BCUT2D eigenvalue weighted by Gasteiger charge is 2.24. The summed E-state index contributed by atoms with van der Waals surface area (Å²) in [6, 6.07) is 6.99. The lowest BCUT2D eigenvalue weighted by Gasteiger charge is -2.10. The molecule has 0 aliphatic rings. The minimum absolute atomic E-state index is 0.00301. The Labute approximate surface area is 210 Å². The largest absolute Gasteiger partial charge is 0.478 e. The molecule has 15 heteroatoms. The highest BCUT2D eigenvalue weighted by molar-refractivity contribution is 6.36. The Balaban J connectivity index is 1.75. The standard InChI is InChI=1S/C20H12Cl3F2N7O3/c21-9-4-12(20(34)35)11(14(23)5-9)7-16(33)15-6-10(8-31-29-18(17(24)25)27-30-31)28-32(15)19-13(22)2-1-3-26-19/h1-6,17H,7-8H2,(H,34,35). The van der Waals surface area contributed by atoms with Crippen molar-refractivity contribution in [1.29, 1.82) is 0 Å². The van der Waals surface area contributed by atoms with Crippen LogP contribution in [0.2, 0.25) is 15.1 Å². The van der Waals surface area contributed by atoms with Gasteiger partial charge in [0.15, 0.2) is 11.6 Å². The third-order valence-electron chi connectivity index (χ3n) is 4.68. The van der Waals surface area contributed by atoms with Crippen molar-refractivity contribution in [2.45, 2.75) is 19.4 Å². The van der Waals surface area contributed by atoms with E-state index in [2.05, 4.69) is 25.5 Å². The quantitative estimate of drug-likeness (QED) is 0.326. The molecule has 180 valence electrons. The SMILES string of the molecule is O=C(O)c1cc(Cl)cc(Cl)c1CC(=O)c1cc(Cn2nnc(C(F)F)n2)nn1-c1ncccc1Cl. The number of hydrogen-bond acceptors (Lipinski definition) is 7. The van der Waals surface area contributed by atoms with Gasteiger partial charge in [0.1, 0.15) is 12.2 Å². The van der Waals surface area contributed by atoms with Crippen LogP contribution in [-0.2, 0) is 13.0 Å². The van der Waals surface area contributed by atoms with Gasteiger partial charge < -0.3 is 5.11 Å². The van der Waals surface area contributed by atoms with Gasteiger partial charge in [0, 0.05) is 22.7 Å². The van der Waals surface area contributed by atoms with E-state index in [1.54, 1.807) is 6.07 Å². The van der Waals surface area contributed by atoms with Crippen LogP contribution in [0.1, 0.15) is 44.4 Å². The summed E-state index contributed by atoms with van der Waals surface area (Å²) in [5, 5.41) is 24.5. The second-order valence-corrected chi connectivity index (χ2v) is 8.29. The summed E-state index contributed by atoms with van der Waals surface area (Å²) in [4.78, 5) is 30.1. The number of carboxylic acid groups (broad SMARTS) is 1. The van der Waals surface area contributed by atoms with Gasteiger partial charge in [-0.05, 0) is 41.1 Å². The summed E-state index contributed by atoms with van der Waals surface area (Å²) in [6.07, 6.45) is -1.88. The van der Waals surface area contributed by atoms with Gasteiger partial charge in [0.2, 0.25) is 5.82 Å². The van der Waals surface area contributed by atoms with E-state index >= 15 is 0 Å². The molecule has 0 radical (unpaired) electrons. The number of halogens is 5. The minimum atomic E-state index is -2.90. The van der Waals surface area contributed by atoms with Gasteiger partial charge in [0.05, 0.1) is 16.3 Å². The molecule has 3 heterocycles. The first kappa shape index (κ1) is 24.6. The number of pyridine rings is 1. The second-order valence-electron chi connectivity index (χ2n) is 7.04. The van der Waals surface area contributed by atoms with Crippen molar-refractivity contribution in [3.63, 3.8) is 0 Å². The van der Waals surface area contributed by atoms with Gasteiger partial charge in [-0.3, -0.25) is 4.79 Å². The number of aromatic nitrogens is 7. The molecule has 0 amide bonds. The second kappa shape index (κ2) is 10.0. The van der Waals surface area contributed by atoms with Crippen LogP contribution in [0.4, 0.5) is 8.78 Å². The lowest BCUT2D eigenvalue weighted by Crippen LogP contribution is -2.15. The smallest absolute Gasteiger partial charge is 0.336 e. The summed E-state index contributed by atoms with van der Waals surface area (Å²) < 4.78 is 26.7. The summed E-state index contributed by atoms with van der Waals surface area (Å²) in [5.41, 5.74) is 0.00459. The van der Waals surface area contributed by atoms with Crippen LogP contribution in [0.3, 0.4) is 0 Å². The van der Waals surface area contributed by atoms with Crippen LogP contribution in [0.25, 0.3) is 5.82 Å². The van der Waals surface area contributed by atoms with E-state index in [4.69, 9.17) is 34.8 Å². The highest BCUT2D eigenvalue weighted by Crippen LogP contribution is 2.28. The molecule has 0 bridgehead atoms. The highest BCUT2D eigenvalue weighted by atomic mass is 35.5. The van der Waals surface area contributed by atoms with Gasteiger partial charge in [-0.2, -0.15) is 9.90 Å². The van der Waals surface area contributed by atoms with Crippen molar-refractivity contribution in [1.82, 2.24) is 35.0 Å². The van der Waals surface area contributed by atoms with E-state index in [0.717, 1.165) is 9.48 Å². The number of carbonyl (C=O) groups is 2. The number of carboxylic acids is 1. The molecular formula is C20H12Cl3F2N7O3. The van der Waals surface area contributed by atoms with Crippen molar-refractivity contribution >= 4 is 46.6 Å². The summed E-state index contributed by atoms with van der Waals surface area (Å²) in [7, 11) is 0. The first-order valence-corrected chi connectivity index (χ1v) is 10.8. The lowest BCUT2D eigenvalue weighted by atomic mass is 10.0. The number of rotatable bonds is 8. The maximum absolute atomic E-state index is 13.3. The van der Waals surface area contributed by atoms with Crippen molar-refractivity contribution in [3.05, 3.63) is 79.9 Å². The Bertz CT molecular complexity index is 1440. The predicted molar refractivity (Wildman–Crippen MR) is 120 cm³/mol. The Morgan fingerprint density at radius 1 is 1.09 bits per heavy atom. The molecule has 0 unspecified atom stereocenters. The molecule has 0 spiro atoms. The van der Waals surface area contributed by atoms with Crippen LogP contribution < -0.4 is 0 Å². The molecule has 3 aromatic heterocycles. The van der Waals surface area contributed by atoms with Crippen LogP contribution in [0.15, 0.2) is 36.5 Å². The molecule has 35 heavy (non-hydrogen) atoms. The number of carbonyl (C=O) groups excluding carboxylic acids is 1. The van der Waals surface area contributed by atoms with E-state index in [9.17, 15) is 23.5 Å². The summed E-state index contributed by atoms with van der Waals surface area (Å²) >= 11 is 18.3. The first-order chi connectivity index (χ1) is 16.6. The summed E-state index contributed by atoms with van der Waals surface area (Å²) in [5.74, 6) is -2.53. The van der Waals surface area contributed by atoms with E-state index in [-0.39, 0.29) is 49.9 Å². The zero-order chi connectivity index (χ0) is 25.3. The molecule has 0 saturated heterocycles. The zero-order valence-corrected chi connectivity index (χ0v) is 19.5. The fraction of sp³-hybridized carbons (Fsp3) is 0.150. The maximum atomic E-state index is 13.3. The van der Waals surface area contributed by atoms with Crippen LogP contribution in [-0.4, -0.2) is 51.8 Å². The van der Waals surface area contributed by atoms with Crippen molar-refractivity contribution < 1.29 is 23.5 Å². The Morgan fingerprint density at radius 3 is 2.51 bits per heavy atom. The average molecular weight is 543 g/mol. The van der Waals surface area contributed by atoms with Gasteiger partial charge >= 0.3 is 12.4 Å². The van der Waals surface area contributed by atoms with Gasteiger partial charge in [-0.1, -0.05) is 34.8 Å². The molecule has 0 atom stereocenters. The summed E-state index contributed by atoms with van der Waals surface area (Å²) in [6.45, 7) is -0.195. The monoisotopic (exact) mass is 541 g/mol. The lowest BCUT2D eigenvalue weighted by molar-refractivity contribution is 0.0696. The molecule has 4 aromatic rings. The van der Waals surface area contributed by atoms with Crippen LogP contribution in [0.5, 0.6) is 0 Å². The molecule has 0 aliphatic heterocycles. The number of benzene rings is 1. The molecule has 4 rings (SSSR count). The normalized spacial score (nSPS) is 11.3.